The Morgan fingerprint density at radius 3 is 0.814 bits per heavy atom. The quantitative estimate of drug-likeness (QED) is 0.0298. The van der Waals surface area contributed by atoms with Crippen LogP contribution in [0.25, 0.3) is 0 Å². The van der Waals surface area contributed by atoms with Crippen LogP contribution in [0.5, 0.6) is 0 Å². The maximum Gasteiger partial charge on any atom is 0.224 e. The van der Waals surface area contributed by atoms with Crippen molar-refractivity contribution in [3.8, 4) is 0 Å². The maximum atomic E-state index is 12.0. The van der Waals surface area contributed by atoms with E-state index in [0.29, 0.717) is 61.0 Å². The summed E-state index contributed by atoms with van der Waals surface area (Å²) in [5.74, 6) is 0. The fourth-order valence-electron chi connectivity index (χ4n) is 11.6. The highest BCUT2D eigenvalue weighted by molar-refractivity contribution is 7.72. The highest BCUT2D eigenvalue weighted by atomic mass is 32.1. The predicted molar refractivity (Wildman–Crippen MR) is 443 cm³/mol. The van der Waals surface area contributed by atoms with Crippen molar-refractivity contribution in [3.63, 3.8) is 0 Å². The van der Waals surface area contributed by atoms with Gasteiger partial charge in [0.2, 0.25) is 27.1 Å². The van der Waals surface area contributed by atoms with Crippen LogP contribution in [0.1, 0.15) is 228 Å². The lowest BCUT2D eigenvalue weighted by atomic mass is 9.90. The van der Waals surface area contributed by atoms with Crippen LogP contribution in [0, 0.1) is 49.6 Å². The third kappa shape index (κ3) is 29.2. The number of nitrogens with zero attached hydrogens (tertiary/aromatic N) is 8. The lowest BCUT2D eigenvalue weighted by Gasteiger charge is -2.31. The van der Waals surface area contributed by atoms with E-state index in [4.69, 9.17) is 61.1 Å². The van der Waals surface area contributed by atoms with Gasteiger partial charge >= 0.3 is 0 Å². The summed E-state index contributed by atoms with van der Waals surface area (Å²) in [6.07, 6.45) is 17.8. The molecule has 0 aliphatic heterocycles. The topological polar surface area (TPSA) is 135 Å². The Bertz CT molecular complexity index is 3550. The molecule has 0 aromatic heterocycles. The molecular formula is C77H134N10O5S5. The number of anilines is 10. The molecule has 0 aliphatic rings. The first-order valence-electron chi connectivity index (χ1n) is 35.9. The van der Waals surface area contributed by atoms with E-state index in [1.165, 1.54) is 64.2 Å². The molecule has 2 N–H and O–H groups in total. The number of unbranched alkanes of at least 4 members (excludes halogenated alkanes) is 5. The number of rotatable bonds is 34. The van der Waals surface area contributed by atoms with Crippen molar-refractivity contribution in [2.24, 2.45) is 27.1 Å². The molecule has 5 rings (SSSR count). The van der Waals surface area contributed by atoms with Crippen molar-refractivity contribution < 1.29 is 0 Å². The molecule has 5 aromatic carbocycles. The van der Waals surface area contributed by atoms with Crippen molar-refractivity contribution in [3.05, 3.63) is 73.7 Å². The highest BCUT2D eigenvalue weighted by Gasteiger charge is 2.28. The molecule has 20 heteroatoms. The van der Waals surface area contributed by atoms with Crippen LogP contribution in [0.4, 0.5) is 56.9 Å². The van der Waals surface area contributed by atoms with Gasteiger partial charge in [0.1, 0.15) is 51.0 Å². The van der Waals surface area contributed by atoms with Gasteiger partial charge in [0.25, 0.3) is 0 Å². The summed E-state index contributed by atoms with van der Waals surface area (Å²) in [4.78, 5) is 75.3. The maximum absolute atomic E-state index is 12.0. The first-order chi connectivity index (χ1) is 44.6. The molecule has 0 heterocycles. The molecule has 0 fully saturated rings. The standard InChI is InChI=1S/C17H30N2OS.C16H28N2OS.2C15H26N2OS.C14H24N2OS/c1-7-19(8-2)13-14(16(21)15(13)20)18(6)12-10-9-11-17(3,4)5;1-7-17(5)12-13(15(20)14(12)19)18(6)11-9-8-10-16(2,3)4;1-15(2,3)9-7-8-10-17(6)12-11(16(4)5)13(18)14(12)19;1-6-16-11-12(14(19)13(11)18)17(5)10-8-7-9-15(2,3)4;1-14(2,3)8-6-7-9-16(5)11-10(15-4)12(17)13(11)18/h7-12H2,1-6H3;7-11H2,1-6H3;7-10H2,1-6H3;16H,6-10H2,1-5H3;15H,6-9H2,1-5H3. The normalized spacial score (nSPS) is 11.9. The van der Waals surface area contributed by atoms with Gasteiger partial charge in [-0.2, -0.15) is 0 Å². The molecule has 0 amide bonds. The van der Waals surface area contributed by atoms with Crippen LogP contribution in [-0.4, -0.2) is 122 Å². The van der Waals surface area contributed by atoms with Crippen LogP contribution in [0.15, 0.2) is 24.0 Å². The zero-order valence-corrected chi connectivity index (χ0v) is 70.2. The minimum atomic E-state index is -0.0240. The Morgan fingerprint density at radius 1 is 0.299 bits per heavy atom. The Balaban J connectivity index is 0.000000607. The van der Waals surface area contributed by atoms with E-state index in [-0.39, 0.29) is 27.1 Å². The lowest BCUT2D eigenvalue weighted by molar-refractivity contribution is 0.361. The van der Waals surface area contributed by atoms with Crippen LogP contribution in [0.3, 0.4) is 0 Å². The minimum Gasteiger partial charge on any atom is -0.383 e. The zero-order valence-electron chi connectivity index (χ0n) is 66.1. The molecule has 0 atom stereocenters. The Kier molecular flexibility index (Phi) is 38.1. The van der Waals surface area contributed by atoms with Crippen molar-refractivity contribution >= 4 is 118 Å². The van der Waals surface area contributed by atoms with Crippen molar-refractivity contribution in [2.45, 2.75) is 228 Å². The van der Waals surface area contributed by atoms with Crippen LogP contribution in [0.2, 0.25) is 0 Å². The Labute approximate surface area is 614 Å². The van der Waals surface area contributed by atoms with E-state index in [1.807, 2.05) is 73.0 Å². The van der Waals surface area contributed by atoms with E-state index in [0.717, 1.165) is 137 Å². The van der Waals surface area contributed by atoms with Crippen molar-refractivity contribution in [1.29, 1.82) is 0 Å². The largest absolute Gasteiger partial charge is 0.383 e. The molecular weight excluding hydrogens is 1310 g/mol. The summed E-state index contributed by atoms with van der Waals surface area (Å²) in [5, 5.41) is 6.04. The molecule has 0 bridgehead atoms. The molecule has 0 radical (unpaired) electrons. The summed E-state index contributed by atoms with van der Waals surface area (Å²) in [7, 11) is 17.6. The summed E-state index contributed by atoms with van der Waals surface area (Å²) >= 11 is 25.9. The van der Waals surface area contributed by atoms with Crippen LogP contribution >= 0.6 is 61.1 Å². The zero-order chi connectivity index (χ0) is 75.1. The third-order valence-corrected chi connectivity index (χ3v) is 19.5. The van der Waals surface area contributed by atoms with Gasteiger partial charge < -0.3 is 49.8 Å². The average Bonchev–Trinajstić information content (AvgIpc) is 0.785. The molecule has 0 spiro atoms. The fourth-order valence-corrected chi connectivity index (χ4v) is 13.3. The summed E-state index contributed by atoms with van der Waals surface area (Å²) in [5.41, 5.74) is 10.5. The third-order valence-electron chi connectivity index (χ3n) is 17.6. The smallest absolute Gasteiger partial charge is 0.224 e. The molecule has 0 saturated heterocycles. The Hall–Kier alpha value is -4.50. The van der Waals surface area contributed by atoms with E-state index in [1.54, 1.807) is 7.05 Å². The van der Waals surface area contributed by atoms with E-state index < -0.39 is 0 Å². The Morgan fingerprint density at radius 2 is 0.546 bits per heavy atom. The summed E-state index contributed by atoms with van der Waals surface area (Å²) in [6, 6.07) is 0. The fraction of sp³-hybridized carbons (Fsp3) is 0.740. The molecule has 15 nitrogen and oxygen atoms in total. The summed E-state index contributed by atoms with van der Waals surface area (Å²) in [6.45, 7) is 50.3. The lowest BCUT2D eigenvalue weighted by Crippen LogP contribution is -2.35. The number of hydrogen-bond acceptors (Lipinski definition) is 20. The second-order valence-corrected chi connectivity index (χ2v) is 34.9. The van der Waals surface area contributed by atoms with Gasteiger partial charge in [-0.1, -0.05) is 197 Å². The van der Waals surface area contributed by atoms with Crippen LogP contribution in [-0.2, 0) is 0 Å². The first-order valence-corrected chi connectivity index (χ1v) is 37.9. The first kappa shape index (κ1) is 90.5. The van der Waals surface area contributed by atoms with Gasteiger partial charge in [-0.3, -0.25) is 24.0 Å². The summed E-state index contributed by atoms with van der Waals surface area (Å²) < 4.78 is 2.45. The van der Waals surface area contributed by atoms with Gasteiger partial charge in [-0.05, 0) is 119 Å². The molecule has 0 saturated carbocycles. The van der Waals surface area contributed by atoms with E-state index in [2.05, 4.69) is 165 Å². The van der Waals surface area contributed by atoms with Gasteiger partial charge in [-0.25, -0.2) is 0 Å². The minimum absolute atomic E-state index is 0.00612. The molecule has 0 aliphatic carbocycles. The average molecular weight is 1440 g/mol. The van der Waals surface area contributed by atoms with E-state index in [9.17, 15) is 24.0 Å². The number of hydrogen-bond donors (Lipinski definition) is 2. The van der Waals surface area contributed by atoms with E-state index >= 15 is 0 Å². The van der Waals surface area contributed by atoms with Gasteiger partial charge in [-0.15, -0.1) is 0 Å². The highest BCUT2D eigenvalue weighted by Crippen LogP contribution is 2.35. The SMILES string of the molecule is CCN(C)c1c(N(C)CCCCC(C)(C)C)c(=S)c1=O.CCN(CC)c1c(N(C)CCCCC(C)(C)C)c(=S)c1=O.CCNc1c(N(C)CCCCC(C)(C)C)c(=S)c1=O.CN(C)c1c(N(C)CCCCC(C)(C)C)c(=S)c1=O.CNc1c(N(C)CCCCC(C)(C)C)c(=S)c1=O. The molecule has 5 aromatic rings. The van der Waals surface area contributed by atoms with Gasteiger partial charge in [0.05, 0.1) is 28.4 Å². The second kappa shape index (κ2) is 40.8. The van der Waals surface area contributed by atoms with Crippen LogP contribution < -0.4 is 77.0 Å². The predicted octanol–water partition coefficient (Wildman–Crippen LogP) is 18.4. The molecule has 97 heavy (non-hydrogen) atoms. The monoisotopic (exact) mass is 1440 g/mol. The van der Waals surface area contributed by atoms with Gasteiger partial charge in [0.15, 0.2) is 0 Å². The van der Waals surface area contributed by atoms with Crippen molar-refractivity contribution in [1.82, 2.24) is 0 Å². The number of nitrogens with one attached hydrogen (secondary N) is 2. The van der Waals surface area contributed by atoms with Crippen molar-refractivity contribution in [2.75, 3.05) is 172 Å². The molecule has 552 valence electrons. The second-order valence-electron chi connectivity index (χ2n) is 32.9. The van der Waals surface area contributed by atoms with Gasteiger partial charge in [0, 0.05) is 122 Å². The molecule has 0 unspecified atom stereocenters.